The number of hydrogen-bond donors (Lipinski definition) is 3. The summed E-state index contributed by atoms with van der Waals surface area (Å²) in [4.78, 5) is 16.0. The van der Waals surface area contributed by atoms with Crippen molar-refractivity contribution < 1.29 is 4.39 Å². The summed E-state index contributed by atoms with van der Waals surface area (Å²) < 4.78 is 13.7. The van der Waals surface area contributed by atoms with Crippen LogP contribution in [0.15, 0.2) is 49.6 Å². The van der Waals surface area contributed by atoms with E-state index < -0.39 is 0 Å². The number of rotatable bonds is 12. The molecule has 0 radical (unpaired) electrons. The molecule has 0 saturated heterocycles. The second kappa shape index (κ2) is 12.1. The van der Waals surface area contributed by atoms with Crippen LogP contribution in [0.4, 0.5) is 22.2 Å². The predicted molar refractivity (Wildman–Crippen MR) is 129 cm³/mol. The van der Waals surface area contributed by atoms with Gasteiger partial charge in [-0.25, -0.2) is 4.39 Å². The second-order valence-corrected chi connectivity index (χ2v) is 8.00. The molecular weight excluding hydrogens is 405 g/mol. The Morgan fingerprint density at radius 1 is 1.00 bits per heavy atom. The Hall–Kier alpha value is -3.00. The topological polar surface area (TPSA) is 92.0 Å². The largest absolute Gasteiger partial charge is 0.351 e. The molecule has 1 aliphatic carbocycles. The first-order valence-electron chi connectivity index (χ1n) is 11.3. The molecule has 8 heteroatoms. The summed E-state index contributed by atoms with van der Waals surface area (Å²) in [5, 5.41) is 6.32. The molecule has 0 aliphatic heterocycles. The minimum atomic E-state index is -0.242. The molecule has 1 aromatic heterocycles. The monoisotopic (exact) mass is 439 g/mol. The predicted octanol–water partition coefficient (Wildman–Crippen LogP) is 4.29. The van der Waals surface area contributed by atoms with Crippen molar-refractivity contribution in [1.82, 2.24) is 15.0 Å². The number of nitrogens with one attached hydrogen (secondary N) is 2. The number of hydrogen-bond acceptors (Lipinski definition) is 7. The Kier molecular flexibility index (Phi) is 8.98. The van der Waals surface area contributed by atoms with Crippen LogP contribution < -0.4 is 21.3 Å². The van der Waals surface area contributed by atoms with Gasteiger partial charge in [0, 0.05) is 26.2 Å². The van der Waals surface area contributed by atoms with Crippen LogP contribution in [-0.2, 0) is 0 Å². The number of nitrogens with zero attached hydrogens (tertiary/aromatic N) is 4. The van der Waals surface area contributed by atoms with Gasteiger partial charge in [0.15, 0.2) is 0 Å². The third-order valence-corrected chi connectivity index (χ3v) is 5.70. The van der Waals surface area contributed by atoms with Crippen molar-refractivity contribution >= 4 is 17.8 Å². The second-order valence-electron chi connectivity index (χ2n) is 8.00. The molecule has 172 valence electrons. The molecular formula is C24H34FN7. The normalized spacial score (nSPS) is 15.1. The van der Waals surface area contributed by atoms with Crippen LogP contribution >= 0.6 is 0 Å². The molecule has 0 spiro atoms. The highest BCUT2D eigenvalue weighted by molar-refractivity contribution is 5.46. The van der Waals surface area contributed by atoms with Gasteiger partial charge in [-0.2, -0.15) is 15.0 Å². The van der Waals surface area contributed by atoms with Gasteiger partial charge in [0.2, 0.25) is 17.8 Å². The van der Waals surface area contributed by atoms with E-state index in [9.17, 15) is 4.39 Å². The van der Waals surface area contributed by atoms with E-state index in [-0.39, 0.29) is 11.9 Å². The average molecular weight is 440 g/mol. The molecule has 1 aliphatic rings. The lowest BCUT2D eigenvalue weighted by Gasteiger charge is -2.39. The van der Waals surface area contributed by atoms with Crippen LogP contribution in [0.3, 0.4) is 0 Å². The maximum atomic E-state index is 13.7. The zero-order valence-corrected chi connectivity index (χ0v) is 18.6. The molecule has 32 heavy (non-hydrogen) atoms. The summed E-state index contributed by atoms with van der Waals surface area (Å²) in [6, 6.07) is 6.78. The van der Waals surface area contributed by atoms with E-state index in [1.165, 1.54) is 31.4 Å². The molecule has 1 aromatic carbocycles. The van der Waals surface area contributed by atoms with E-state index in [0.717, 1.165) is 18.4 Å². The molecule has 1 saturated carbocycles. The fourth-order valence-electron chi connectivity index (χ4n) is 4.30. The van der Waals surface area contributed by atoms with Crippen molar-refractivity contribution in [2.45, 2.75) is 38.1 Å². The lowest BCUT2D eigenvalue weighted by atomic mass is 9.80. The van der Waals surface area contributed by atoms with Crippen LogP contribution in [0.2, 0.25) is 0 Å². The van der Waals surface area contributed by atoms with Crippen molar-refractivity contribution in [3.05, 3.63) is 61.0 Å². The Morgan fingerprint density at radius 2 is 1.59 bits per heavy atom. The van der Waals surface area contributed by atoms with Crippen LogP contribution in [0.25, 0.3) is 0 Å². The number of benzene rings is 1. The van der Waals surface area contributed by atoms with E-state index in [0.29, 0.717) is 49.9 Å². The minimum absolute atomic E-state index is 0.00126. The van der Waals surface area contributed by atoms with Crippen molar-refractivity contribution in [1.29, 1.82) is 0 Å². The standard InChI is InChI=1S/C24H34FN7/c1-3-15-27-22-29-23(28-16-4-2)31-24(30-22)32(17-14-26)21(18-8-6-5-7-9-18)19-10-12-20(25)13-11-19/h3-4,10-13,18,21H,1-2,5-9,14-17,26H2,(H2,27,28,29,30,31). The first kappa shape index (κ1) is 23.7. The quantitative estimate of drug-likeness (QED) is 0.425. The SMILES string of the molecule is C=CCNc1nc(NCC=C)nc(N(CCN)C(c2ccc(F)cc2)C2CCCCC2)n1. The highest BCUT2D eigenvalue weighted by atomic mass is 19.1. The van der Waals surface area contributed by atoms with E-state index in [1.54, 1.807) is 12.2 Å². The maximum Gasteiger partial charge on any atom is 0.232 e. The average Bonchev–Trinajstić information content (AvgIpc) is 2.83. The van der Waals surface area contributed by atoms with E-state index in [4.69, 9.17) is 15.7 Å². The van der Waals surface area contributed by atoms with Gasteiger partial charge in [-0.3, -0.25) is 0 Å². The number of aromatic nitrogens is 3. The molecule has 1 atom stereocenters. The molecule has 1 heterocycles. The molecule has 3 rings (SSSR count). The molecule has 4 N–H and O–H groups in total. The smallest absolute Gasteiger partial charge is 0.232 e. The van der Waals surface area contributed by atoms with Crippen LogP contribution in [0, 0.1) is 11.7 Å². The Balaban J connectivity index is 2.05. The van der Waals surface area contributed by atoms with E-state index in [2.05, 4.69) is 33.7 Å². The van der Waals surface area contributed by atoms with E-state index in [1.807, 2.05) is 12.1 Å². The summed E-state index contributed by atoms with van der Waals surface area (Å²) in [7, 11) is 0. The minimum Gasteiger partial charge on any atom is -0.351 e. The van der Waals surface area contributed by atoms with Gasteiger partial charge >= 0.3 is 0 Å². The number of anilines is 3. The van der Waals surface area contributed by atoms with Crippen LogP contribution in [0.1, 0.15) is 43.7 Å². The van der Waals surface area contributed by atoms with Gasteiger partial charge in [-0.05, 0) is 36.5 Å². The van der Waals surface area contributed by atoms with Crippen molar-refractivity contribution in [3.8, 4) is 0 Å². The molecule has 1 fully saturated rings. The highest BCUT2D eigenvalue weighted by Crippen LogP contribution is 2.40. The summed E-state index contributed by atoms with van der Waals surface area (Å²) in [5.41, 5.74) is 7.09. The summed E-state index contributed by atoms with van der Waals surface area (Å²) >= 11 is 0. The Bertz CT molecular complexity index is 835. The van der Waals surface area contributed by atoms with Gasteiger partial charge in [0.05, 0.1) is 6.04 Å². The van der Waals surface area contributed by atoms with Crippen molar-refractivity contribution in [3.63, 3.8) is 0 Å². The van der Waals surface area contributed by atoms with Gasteiger partial charge < -0.3 is 21.3 Å². The lowest BCUT2D eigenvalue weighted by Crippen LogP contribution is -2.39. The maximum absolute atomic E-state index is 13.7. The van der Waals surface area contributed by atoms with Crippen molar-refractivity contribution in [2.24, 2.45) is 11.7 Å². The molecule has 0 bridgehead atoms. The number of nitrogens with two attached hydrogens (primary N) is 1. The molecule has 0 amide bonds. The third kappa shape index (κ3) is 6.26. The highest BCUT2D eigenvalue weighted by Gasteiger charge is 2.32. The molecule has 1 unspecified atom stereocenters. The lowest BCUT2D eigenvalue weighted by molar-refractivity contribution is 0.294. The number of halogens is 1. The Morgan fingerprint density at radius 3 is 2.12 bits per heavy atom. The van der Waals surface area contributed by atoms with Gasteiger partial charge in [0.1, 0.15) is 5.82 Å². The van der Waals surface area contributed by atoms with Gasteiger partial charge in [-0.15, -0.1) is 13.2 Å². The third-order valence-electron chi connectivity index (χ3n) is 5.70. The summed E-state index contributed by atoms with van der Waals surface area (Å²) in [5.74, 6) is 1.64. The first-order valence-corrected chi connectivity index (χ1v) is 11.3. The van der Waals surface area contributed by atoms with Crippen LogP contribution in [0.5, 0.6) is 0 Å². The molecule has 7 nitrogen and oxygen atoms in total. The van der Waals surface area contributed by atoms with E-state index >= 15 is 0 Å². The fourth-order valence-corrected chi connectivity index (χ4v) is 4.30. The summed E-state index contributed by atoms with van der Waals surface area (Å²) in [6.07, 6.45) is 9.35. The Labute approximate surface area is 190 Å². The molecule has 2 aromatic rings. The zero-order chi connectivity index (χ0) is 22.8. The van der Waals surface area contributed by atoms with Crippen molar-refractivity contribution in [2.75, 3.05) is 41.7 Å². The van der Waals surface area contributed by atoms with Crippen LogP contribution in [-0.4, -0.2) is 41.1 Å². The van der Waals surface area contributed by atoms with Gasteiger partial charge in [0.25, 0.3) is 0 Å². The zero-order valence-electron chi connectivity index (χ0n) is 18.6. The first-order chi connectivity index (χ1) is 15.7. The fraction of sp³-hybridized carbons (Fsp3) is 0.458. The summed E-state index contributed by atoms with van der Waals surface area (Å²) in [6.45, 7) is 9.59. The van der Waals surface area contributed by atoms with Gasteiger partial charge in [-0.1, -0.05) is 43.5 Å².